The Morgan fingerprint density at radius 1 is 1.33 bits per heavy atom. The smallest absolute Gasteiger partial charge is 0.159 e. The first-order valence-corrected chi connectivity index (χ1v) is 8.99. The van der Waals surface area contributed by atoms with Crippen LogP contribution in [0, 0.1) is 11.6 Å². The van der Waals surface area contributed by atoms with Crippen molar-refractivity contribution in [3.05, 3.63) is 58.1 Å². The van der Waals surface area contributed by atoms with E-state index in [-0.39, 0.29) is 27.1 Å². The Morgan fingerprint density at radius 2 is 2.04 bits per heavy atom. The molecular formula is C15H11ClF2NO3S2-. The van der Waals surface area contributed by atoms with Gasteiger partial charge in [-0.05, 0) is 36.8 Å². The summed E-state index contributed by atoms with van der Waals surface area (Å²) in [6.45, 7) is 1.35. The van der Waals surface area contributed by atoms with Crippen molar-refractivity contribution in [2.45, 2.75) is 17.6 Å². The molecule has 2 aromatic rings. The number of nitrogens with one attached hydrogen (secondary N) is 1. The number of carbonyl (C=O) groups is 1. The zero-order chi connectivity index (χ0) is 17.9. The summed E-state index contributed by atoms with van der Waals surface area (Å²) in [6.07, 6.45) is 0. The second kappa shape index (κ2) is 8.06. The highest BCUT2D eigenvalue weighted by Gasteiger charge is 2.14. The topological polar surface area (TPSA) is 69.2 Å². The normalized spacial score (nSPS) is 12.0. The lowest BCUT2D eigenvalue weighted by Gasteiger charge is -2.16. The molecular weight excluding hydrogens is 380 g/mol. The van der Waals surface area contributed by atoms with E-state index in [4.69, 9.17) is 11.6 Å². The van der Waals surface area contributed by atoms with Crippen molar-refractivity contribution in [2.75, 3.05) is 4.72 Å². The second-order valence-corrected chi connectivity index (χ2v) is 6.85. The molecule has 0 amide bonds. The van der Waals surface area contributed by atoms with Gasteiger partial charge in [-0.3, -0.25) is 9.00 Å². The fourth-order valence-corrected chi connectivity index (χ4v) is 3.58. The van der Waals surface area contributed by atoms with Crippen LogP contribution in [-0.2, 0) is 17.0 Å². The van der Waals surface area contributed by atoms with Gasteiger partial charge in [0.2, 0.25) is 0 Å². The molecule has 0 aliphatic rings. The van der Waals surface area contributed by atoms with Gasteiger partial charge < -0.3 is 9.27 Å². The van der Waals surface area contributed by atoms with E-state index in [9.17, 15) is 22.3 Å². The summed E-state index contributed by atoms with van der Waals surface area (Å²) in [6, 6.07) is 6.00. The van der Waals surface area contributed by atoms with Crippen LogP contribution in [0.25, 0.3) is 0 Å². The van der Waals surface area contributed by atoms with Crippen molar-refractivity contribution in [3.63, 3.8) is 0 Å². The molecule has 0 spiro atoms. The monoisotopic (exact) mass is 390 g/mol. The largest absolute Gasteiger partial charge is 0.755 e. The van der Waals surface area contributed by atoms with Gasteiger partial charge in [0, 0.05) is 33.5 Å². The lowest BCUT2D eigenvalue weighted by Crippen LogP contribution is -2.07. The fraction of sp³-hybridized carbons (Fsp3) is 0.133. The molecule has 9 heteroatoms. The summed E-state index contributed by atoms with van der Waals surface area (Å²) in [5, 5.41) is 0.0575. The Labute approximate surface area is 149 Å². The number of rotatable bonds is 6. The van der Waals surface area contributed by atoms with Gasteiger partial charge in [-0.2, -0.15) is 0 Å². The van der Waals surface area contributed by atoms with Crippen LogP contribution in [0.3, 0.4) is 0 Å². The molecule has 0 aromatic heterocycles. The van der Waals surface area contributed by atoms with Crippen LogP contribution >= 0.6 is 23.4 Å². The van der Waals surface area contributed by atoms with Gasteiger partial charge in [-0.15, -0.1) is 11.8 Å². The van der Waals surface area contributed by atoms with Crippen LogP contribution in [0.15, 0.2) is 35.2 Å². The molecule has 2 aromatic carbocycles. The lowest BCUT2D eigenvalue weighted by atomic mass is 10.1. The van der Waals surface area contributed by atoms with E-state index >= 15 is 0 Å². The molecule has 2 rings (SSSR count). The Bertz CT molecular complexity index is 818. The summed E-state index contributed by atoms with van der Waals surface area (Å²) < 4.78 is 50.6. The third-order valence-corrected chi connectivity index (χ3v) is 4.81. The van der Waals surface area contributed by atoms with E-state index in [0.29, 0.717) is 11.1 Å². The van der Waals surface area contributed by atoms with Gasteiger partial charge in [-0.25, -0.2) is 8.78 Å². The number of hydrogen-bond acceptors (Lipinski definition) is 4. The van der Waals surface area contributed by atoms with Crippen molar-refractivity contribution < 1.29 is 22.3 Å². The van der Waals surface area contributed by atoms with Gasteiger partial charge in [0.1, 0.15) is 11.6 Å². The zero-order valence-corrected chi connectivity index (χ0v) is 14.7. The molecule has 24 heavy (non-hydrogen) atoms. The van der Waals surface area contributed by atoms with E-state index < -0.39 is 22.9 Å². The number of thioether (sulfide) groups is 1. The van der Waals surface area contributed by atoms with E-state index in [1.54, 1.807) is 0 Å². The van der Waals surface area contributed by atoms with Crippen molar-refractivity contribution in [1.29, 1.82) is 0 Å². The second-order valence-electron chi connectivity index (χ2n) is 4.75. The molecule has 0 aliphatic carbocycles. The predicted octanol–water partition coefficient (Wildman–Crippen LogP) is 4.32. The van der Waals surface area contributed by atoms with Crippen molar-refractivity contribution in [3.8, 4) is 0 Å². The third-order valence-electron chi connectivity index (χ3n) is 3.04. The maximum absolute atomic E-state index is 13.7. The van der Waals surface area contributed by atoms with E-state index in [1.165, 1.54) is 25.1 Å². The highest BCUT2D eigenvalue weighted by Crippen LogP contribution is 2.34. The van der Waals surface area contributed by atoms with Gasteiger partial charge in [0.25, 0.3) is 0 Å². The molecule has 0 aliphatic heterocycles. The number of anilines is 1. The van der Waals surface area contributed by atoms with Gasteiger partial charge in [0.15, 0.2) is 5.78 Å². The van der Waals surface area contributed by atoms with Crippen LogP contribution < -0.4 is 4.72 Å². The highest BCUT2D eigenvalue weighted by molar-refractivity contribution is 7.98. The number of Topliss-reactive ketones (excluding diaryl/α,β-unsaturated/α-hetero) is 1. The first kappa shape index (κ1) is 18.9. The van der Waals surface area contributed by atoms with Gasteiger partial charge in [-0.1, -0.05) is 11.6 Å². The van der Waals surface area contributed by atoms with Crippen LogP contribution in [-0.4, -0.2) is 14.5 Å². The minimum absolute atomic E-state index is 0.0575. The summed E-state index contributed by atoms with van der Waals surface area (Å²) in [5.41, 5.74) is 0.827. The molecule has 128 valence electrons. The summed E-state index contributed by atoms with van der Waals surface area (Å²) >= 11 is 4.45. The summed E-state index contributed by atoms with van der Waals surface area (Å²) in [7, 11) is 0. The Morgan fingerprint density at radius 3 is 2.62 bits per heavy atom. The van der Waals surface area contributed by atoms with Crippen molar-refractivity contribution >= 4 is 46.1 Å². The van der Waals surface area contributed by atoms with Gasteiger partial charge in [0.05, 0.1) is 10.7 Å². The Balaban J connectivity index is 2.35. The first-order chi connectivity index (χ1) is 11.3. The first-order valence-electron chi connectivity index (χ1n) is 6.55. The Hall–Kier alpha value is -1.48. The molecule has 0 heterocycles. The maximum atomic E-state index is 13.7. The SMILES string of the molecule is CC(=O)c1cc(Cl)c(NS(=O)[O-])c(CSc2ccc(F)cc2F)c1. The molecule has 0 fully saturated rings. The zero-order valence-electron chi connectivity index (χ0n) is 12.3. The van der Waals surface area contributed by atoms with Crippen molar-refractivity contribution in [1.82, 2.24) is 0 Å². The standard InChI is InChI=1S/C15H12ClF2NO3S2/c1-8(20)9-4-10(15(12(16)5-9)19-24(21)22)7-23-14-3-2-11(17)6-13(14)18/h2-6,19H,7H2,1H3,(H,21,22)/p-1. The summed E-state index contributed by atoms with van der Waals surface area (Å²) in [5.74, 6) is -1.53. The van der Waals surface area contributed by atoms with E-state index in [0.717, 1.165) is 23.9 Å². The van der Waals surface area contributed by atoms with Crippen LogP contribution in [0.4, 0.5) is 14.5 Å². The van der Waals surface area contributed by atoms with Gasteiger partial charge >= 0.3 is 0 Å². The molecule has 0 saturated heterocycles. The predicted molar refractivity (Wildman–Crippen MR) is 89.9 cm³/mol. The average Bonchev–Trinajstić information content (AvgIpc) is 2.48. The Kier molecular flexibility index (Phi) is 6.34. The highest BCUT2D eigenvalue weighted by atomic mass is 35.5. The summed E-state index contributed by atoms with van der Waals surface area (Å²) in [4.78, 5) is 11.7. The quantitative estimate of drug-likeness (QED) is 0.453. The van der Waals surface area contributed by atoms with Crippen LogP contribution in [0.5, 0.6) is 0 Å². The number of carbonyl (C=O) groups excluding carboxylic acids is 1. The maximum Gasteiger partial charge on any atom is 0.159 e. The molecule has 1 atom stereocenters. The number of ketones is 1. The number of hydrogen-bond donors (Lipinski definition) is 1. The average molecular weight is 391 g/mol. The number of benzene rings is 2. The fourth-order valence-electron chi connectivity index (χ4n) is 1.93. The molecule has 0 radical (unpaired) electrons. The minimum Gasteiger partial charge on any atom is -0.755 e. The molecule has 1 unspecified atom stereocenters. The van der Waals surface area contributed by atoms with E-state index in [1.807, 2.05) is 0 Å². The molecule has 0 saturated carbocycles. The third kappa shape index (κ3) is 4.76. The van der Waals surface area contributed by atoms with Crippen molar-refractivity contribution in [2.24, 2.45) is 0 Å². The number of halogens is 3. The minimum atomic E-state index is -2.61. The lowest BCUT2D eigenvalue weighted by molar-refractivity contribution is 0.101. The van der Waals surface area contributed by atoms with Crippen LogP contribution in [0.2, 0.25) is 5.02 Å². The van der Waals surface area contributed by atoms with E-state index in [2.05, 4.69) is 4.72 Å². The van der Waals surface area contributed by atoms with Crippen LogP contribution in [0.1, 0.15) is 22.8 Å². The molecule has 0 bridgehead atoms. The molecule has 4 nitrogen and oxygen atoms in total. The molecule has 1 N–H and O–H groups in total.